The minimum atomic E-state index is -1.09. The largest absolute Gasteiger partial charge is 0.495 e. The van der Waals surface area contributed by atoms with E-state index in [0.29, 0.717) is 10.4 Å². The average molecular weight is 351 g/mol. The number of nitrogens with one attached hydrogen (secondary N) is 1. The Morgan fingerprint density at radius 2 is 2.05 bits per heavy atom. The third kappa shape index (κ3) is 3.57. The molecule has 21 heavy (non-hydrogen) atoms. The molecule has 0 spiro atoms. The van der Waals surface area contributed by atoms with Crippen LogP contribution in [0.3, 0.4) is 0 Å². The number of ether oxygens (including phenoxy) is 1. The van der Waals surface area contributed by atoms with Gasteiger partial charge < -0.3 is 15.2 Å². The lowest BCUT2D eigenvalue weighted by atomic mass is 10.2. The number of hydrogen-bond acceptors (Lipinski definition) is 4. The standard InChI is InChI=1S/C14H11BrN2O4/c1-21-11-6-5-8(14(19)20)7-10(11)17-13(18)9-3-2-4-12(15)16-9/h2-7H,1H3,(H,17,18)(H,19,20). The first-order valence-corrected chi connectivity index (χ1v) is 6.66. The molecule has 108 valence electrons. The Morgan fingerprint density at radius 1 is 1.29 bits per heavy atom. The van der Waals surface area contributed by atoms with Gasteiger partial charge in [-0.25, -0.2) is 9.78 Å². The Labute approximate surface area is 128 Å². The molecule has 2 N–H and O–H groups in total. The fourth-order valence-corrected chi connectivity index (χ4v) is 2.00. The number of halogens is 1. The van der Waals surface area contributed by atoms with Crippen molar-refractivity contribution < 1.29 is 19.4 Å². The maximum absolute atomic E-state index is 12.1. The van der Waals surface area contributed by atoms with Gasteiger partial charge in [0.05, 0.1) is 18.4 Å². The first-order chi connectivity index (χ1) is 10.0. The van der Waals surface area contributed by atoms with Gasteiger partial charge in [0.2, 0.25) is 0 Å². The van der Waals surface area contributed by atoms with Crippen molar-refractivity contribution in [3.63, 3.8) is 0 Å². The van der Waals surface area contributed by atoms with Crippen LogP contribution in [-0.2, 0) is 0 Å². The number of hydrogen-bond donors (Lipinski definition) is 2. The molecule has 0 fully saturated rings. The molecule has 1 heterocycles. The second-order valence-corrected chi connectivity index (χ2v) is 4.83. The summed E-state index contributed by atoms with van der Waals surface area (Å²) in [6.45, 7) is 0. The van der Waals surface area contributed by atoms with Gasteiger partial charge >= 0.3 is 5.97 Å². The van der Waals surface area contributed by atoms with Crippen LogP contribution in [0.2, 0.25) is 0 Å². The van der Waals surface area contributed by atoms with Crippen LogP contribution in [0.15, 0.2) is 41.0 Å². The number of aromatic carboxylic acids is 1. The smallest absolute Gasteiger partial charge is 0.335 e. The van der Waals surface area contributed by atoms with E-state index in [1.54, 1.807) is 18.2 Å². The van der Waals surface area contributed by atoms with Crippen LogP contribution in [0, 0.1) is 0 Å². The number of carboxylic acids is 1. The molecule has 0 bridgehead atoms. The van der Waals surface area contributed by atoms with Gasteiger partial charge in [-0.1, -0.05) is 6.07 Å². The molecule has 0 aliphatic carbocycles. The highest BCUT2D eigenvalue weighted by Gasteiger charge is 2.13. The number of carbonyl (C=O) groups is 2. The summed E-state index contributed by atoms with van der Waals surface area (Å²) in [7, 11) is 1.43. The normalized spacial score (nSPS) is 10.0. The summed E-state index contributed by atoms with van der Waals surface area (Å²) in [5.74, 6) is -1.19. The monoisotopic (exact) mass is 350 g/mol. The van der Waals surface area contributed by atoms with Crippen molar-refractivity contribution in [2.24, 2.45) is 0 Å². The van der Waals surface area contributed by atoms with E-state index in [-0.39, 0.29) is 16.9 Å². The lowest BCUT2D eigenvalue weighted by Gasteiger charge is -2.10. The lowest BCUT2D eigenvalue weighted by molar-refractivity contribution is 0.0696. The van der Waals surface area contributed by atoms with Crippen LogP contribution in [0.25, 0.3) is 0 Å². The molecule has 1 aromatic carbocycles. The third-order valence-corrected chi connectivity index (χ3v) is 3.08. The van der Waals surface area contributed by atoms with Crippen LogP contribution in [0.4, 0.5) is 5.69 Å². The summed E-state index contributed by atoms with van der Waals surface area (Å²) >= 11 is 3.18. The molecule has 0 saturated heterocycles. The highest BCUT2D eigenvalue weighted by atomic mass is 79.9. The number of amides is 1. The number of pyridine rings is 1. The number of rotatable bonds is 4. The fraction of sp³-hybridized carbons (Fsp3) is 0.0714. The highest BCUT2D eigenvalue weighted by molar-refractivity contribution is 9.10. The molecule has 2 rings (SSSR count). The quantitative estimate of drug-likeness (QED) is 0.827. The van der Waals surface area contributed by atoms with Crippen LogP contribution >= 0.6 is 15.9 Å². The summed E-state index contributed by atoms with van der Waals surface area (Å²) in [5, 5.41) is 11.6. The van der Waals surface area contributed by atoms with E-state index < -0.39 is 11.9 Å². The second kappa shape index (κ2) is 6.36. The Balaban J connectivity index is 2.31. The zero-order valence-corrected chi connectivity index (χ0v) is 12.5. The van der Waals surface area contributed by atoms with Gasteiger partial charge in [-0.3, -0.25) is 4.79 Å². The molecular weight excluding hydrogens is 340 g/mol. The number of nitrogens with zero attached hydrogens (tertiary/aromatic N) is 1. The van der Waals surface area contributed by atoms with Crippen molar-refractivity contribution in [3.8, 4) is 5.75 Å². The minimum absolute atomic E-state index is 0.0494. The summed E-state index contributed by atoms with van der Waals surface area (Å²) in [4.78, 5) is 27.1. The topological polar surface area (TPSA) is 88.5 Å². The van der Waals surface area contributed by atoms with E-state index >= 15 is 0 Å². The Bertz CT molecular complexity index is 703. The predicted molar refractivity (Wildman–Crippen MR) is 79.8 cm³/mol. The molecule has 1 aromatic heterocycles. The predicted octanol–water partition coefficient (Wildman–Crippen LogP) is 2.80. The Hall–Kier alpha value is -2.41. The van der Waals surface area contributed by atoms with Crippen molar-refractivity contribution in [2.45, 2.75) is 0 Å². The molecule has 0 aliphatic rings. The minimum Gasteiger partial charge on any atom is -0.495 e. The lowest BCUT2D eigenvalue weighted by Crippen LogP contribution is -2.15. The number of carboxylic acid groups (broad SMARTS) is 1. The van der Waals surface area contributed by atoms with E-state index in [1.807, 2.05) is 0 Å². The van der Waals surface area contributed by atoms with Crippen molar-refractivity contribution in [2.75, 3.05) is 12.4 Å². The number of carbonyl (C=O) groups excluding carboxylic acids is 1. The van der Waals surface area contributed by atoms with E-state index in [1.165, 1.54) is 25.3 Å². The molecule has 1 amide bonds. The molecule has 0 saturated carbocycles. The summed E-state index contributed by atoms with van der Waals surface area (Å²) < 4.78 is 5.63. The van der Waals surface area contributed by atoms with Crippen LogP contribution in [0.1, 0.15) is 20.8 Å². The summed E-state index contributed by atoms with van der Waals surface area (Å²) in [6, 6.07) is 9.13. The Morgan fingerprint density at radius 3 is 2.67 bits per heavy atom. The van der Waals surface area contributed by atoms with E-state index in [2.05, 4.69) is 26.2 Å². The molecule has 0 unspecified atom stereocenters. The van der Waals surface area contributed by atoms with E-state index in [0.717, 1.165) is 0 Å². The van der Waals surface area contributed by atoms with Crippen LogP contribution in [-0.4, -0.2) is 29.1 Å². The molecule has 2 aromatic rings. The van der Waals surface area contributed by atoms with E-state index in [4.69, 9.17) is 9.84 Å². The third-order valence-electron chi connectivity index (χ3n) is 2.64. The van der Waals surface area contributed by atoms with Gasteiger partial charge in [-0.15, -0.1) is 0 Å². The number of anilines is 1. The molecule has 0 radical (unpaired) electrons. The van der Waals surface area contributed by atoms with Crippen molar-refractivity contribution >= 4 is 33.5 Å². The van der Waals surface area contributed by atoms with Crippen LogP contribution in [0.5, 0.6) is 5.75 Å². The van der Waals surface area contributed by atoms with Gasteiger partial charge in [0.25, 0.3) is 5.91 Å². The van der Waals surface area contributed by atoms with Gasteiger partial charge in [0.15, 0.2) is 0 Å². The maximum Gasteiger partial charge on any atom is 0.335 e. The first-order valence-electron chi connectivity index (χ1n) is 5.86. The van der Waals surface area contributed by atoms with Crippen molar-refractivity contribution in [1.82, 2.24) is 4.98 Å². The number of benzene rings is 1. The van der Waals surface area contributed by atoms with Crippen molar-refractivity contribution in [3.05, 3.63) is 52.3 Å². The van der Waals surface area contributed by atoms with Gasteiger partial charge in [0.1, 0.15) is 16.0 Å². The fourth-order valence-electron chi connectivity index (χ4n) is 1.66. The molecule has 0 aliphatic heterocycles. The summed E-state index contributed by atoms with van der Waals surface area (Å²) in [6.07, 6.45) is 0. The van der Waals surface area contributed by atoms with Crippen molar-refractivity contribution in [1.29, 1.82) is 0 Å². The molecule has 7 heteroatoms. The van der Waals surface area contributed by atoms with Gasteiger partial charge in [-0.05, 0) is 46.3 Å². The average Bonchev–Trinajstić information content (AvgIpc) is 2.47. The number of aromatic nitrogens is 1. The maximum atomic E-state index is 12.1. The van der Waals surface area contributed by atoms with E-state index in [9.17, 15) is 9.59 Å². The summed E-state index contributed by atoms with van der Waals surface area (Å²) in [5.41, 5.74) is 0.518. The zero-order chi connectivity index (χ0) is 15.4. The van der Waals surface area contributed by atoms with Gasteiger partial charge in [-0.2, -0.15) is 0 Å². The SMILES string of the molecule is COc1ccc(C(=O)O)cc1NC(=O)c1cccc(Br)n1. The van der Waals surface area contributed by atoms with Gasteiger partial charge in [0, 0.05) is 0 Å². The zero-order valence-electron chi connectivity index (χ0n) is 11.0. The van der Waals surface area contributed by atoms with Crippen LogP contribution < -0.4 is 10.1 Å². The second-order valence-electron chi connectivity index (χ2n) is 4.02. The first kappa shape index (κ1) is 15.0. The highest BCUT2D eigenvalue weighted by Crippen LogP contribution is 2.26. The molecule has 6 nitrogen and oxygen atoms in total. The molecule has 0 atom stereocenters. The Kier molecular flexibility index (Phi) is 4.54. The molecular formula is C14H11BrN2O4. The number of methoxy groups -OCH3 is 1.